The van der Waals surface area contributed by atoms with Crippen LogP contribution >= 0.6 is 11.6 Å². The summed E-state index contributed by atoms with van der Waals surface area (Å²) in [5.74, 6) is 0. The Morgan fingerprint density at radius 1 is 1.33 bits per heavy atom. The third-order valence-corrected chi connectivity index (χ3v) is 3.61. The molecular formula is C16H25ClN2O2. The molecule has 4 nitrogen and oxygen atoms in total. The lowest BCUT2D eigenvalue weighted by Crippen LogP contribution is -2.45. The molecule has 1 aromatic rings. The largest absolute Gasteiger partial charge is 0.444 e. The fourth-order valence-corrected chi connectivity index (χ4v) is 2.69. The fourth-order valence-electron chi connectivity index (χ4n) is 2.24. The van der Waals surface area contributed by atoms with Crippen LogP contribution in [-0.2, 0) is 10.2 Å². The van der Waals surface area contributed by atoms with E-state index in [1.165, 1.54) is 0 Å². The number of halogens is 1. The van der Waals surface area contributed by atoms with Gasteiger partial charge in [-0.2, -0.15) is 0 Å². The molecule has 1 amide bonds. The molecule has 1 aromatic carbocycles. The summed E-state index contributed by atoms with van der Waals surface area (Å²) in [5.41, 5.74) is 6.99. The number of carbonyl (C=O) groups excluding carboxylic acids is 1. The fraction of sp³-hybridized carbons (Fsp3) is 0.562. The molecule has 0 aromatic heterocycles. The summed E-state index contributed by atoms with van der Waals surface area (Å²) in [6.45, 7) is 10.2. The topological polar surface area (TPSA) is 64.3 Å². The van der Waals surface area contributed by atoms with Crippen LogP contribution in [0.4, 0.5) is 4.79 Å². The van der Waals surface area contributed by atoms with E-state index in [1.807, 2.05) is 52.8 Å². The SMILES string of the molecule is Cc1cccc(Cl)c1C(C)(CN)CNC(=O)OC(C)(C)C. The Hall–Kier alpha value is -1.26. The molecule has 1 atom stereocenters. The second kappa shape index (κ2) is 6.67. The monoisotopic (exact) mass is 312 g/mol. The standard InChI is InChI=1S/C16H25ClN2O2/c1-11-7-6-8-12(17)13(11)16(5,9-18)10-19-14(20)21-15(2,3)4/h6-8H,9-10,18H2,1-5H3,(H,19,20). The summed E-state index contributed by atoms with van der Waals surface area (Å²) in [6.07, 6.45) is -0.452. The zero-order chi connectivity index (χ0) is 16.3. The van der Waals surface area contributed by atoms with Crippen molar-refractivity contribution in [3.8, 4) is 0 Å². The number of nitrogens with one attached hydrogen (secondary N) is 1. The van der Waals surface area contributed by atoms with E-state index >= 15 is 0 Å². The minimum Gasteiger partial charge on any atom is -0.444 e. The van der Waals surface area contributed by atoms with E-state index in [0.717, 1.165) is 11.1 Å². The van der Waals surface area contributed by atoms with Gasteiger partial charge in [-0.25, -0.2) is 4.79 Å². The summed E-state index contributed by atoms with van der Waals surface area (Å²) in [6, 6.07) is 5.73. The molecular weight excluding hydrogens is 288 g/mol. The summed E-state index contributed by atoms with van der Waals surface area (Å²) < 4.78 is 5.25. The lowest BCUT2D eigenvalue weighted by molar-refractivity contribution is 0.0516. The summed E-state index contributed by atoms with van der Waals surface area (Å²) >= 11 is 6.31. The Morgan fingerprint density at radius 3 is 2.43 bits per heavy atom. The van der Waals surface area contributed by atoms with Gasteiger partial charge in [0.1, 0.15) is 5.60 Å². The molecule has 21 heavy (non-hydrogen) atoms. The number of amides is 1. The molecule has 118 valence electrons. The Labute approximate surface area is 132 Å². The highest BCUT2D eigenvalue weighted by Crippen LogP contribution is 2.32. The van der Waals surface area contributed by atoms with E-state index in [9.17, 15) is 4.79 Å². The van der Waals surface area contributed by atoms with Gasteiger partial charge in [-0.1, -0.05) is 30.7 Å². The van der Waals surface area contributed by atoms with Crippen LogP contribution in [-0.4, -0.2) is 24.8 Å². The van der Waals surface area contributed by atoms with Crippen LogP contribution in [0.1, 0.15) is 38.8 Å². The van der Waals surface area contributed by atoms with E-state index < -0.39 is 17.1 Å². The molecule has 3 N–H and O–H groups in total. The van der Waals surface area contributed by atoms with Crippen molar-refractivity contribution in [1.29, 1.82) is 0 Å². The first kappa shape index (κ1) is 17.8. The van der Waals surface area contributed by atoms with Gasteiger partial charge >= 0.3 is 6.09 Å². The van der Waals surface area contributed by atoms with E-state index in [-0.39, 0.29) is 0 Å². The van der Waals surface area contributed by atoms with Crippen LogP contribution in [0.15, 0.2) is 18.2 Å². The normalized spacial score (nSPS) is 14.4. The number of aryl methyl sites for hydroxylation is 1. The number of ether oxygens (including phenoxy) is 1. The summed E-state index contributed by atoms with van der Waals surface area (Å²) in [5, 5.41) is 3.44. The predicted octanol–water partition coefficient (Wildman–Crippen LogP) is 3.39. The third kappa shape index (κ3) is 4.90. The summed E-state index contributed by atoms with van der Waals surface area (Å²) in [4.78, 5) is 11.8. The molecule has 0 spiro atoms. The molecule has 1 unspecified atom stereocenters. The van der Waals surface area contributed by atoms with Crippen molar-refractivity contribution in [1.82, 2.24) is 5.32 Å². The summed E-state index contributed by atoms with van der Waals surface area (Å²) in [7, 11) is 0. The first-order valence-corrected chi connectivity index (χ1v) is 7.39. The highest BCUT2D eigenvalue weighted by atomic mass is 35.5. The van der Waals surface area contributed by atoms with E-state index in [0.29, 0.717) is 18.1 Å². The highest BCUT2D eigenvalue weighted by molar-refractivity contribution is 6.31. The first-order valence-electron chi connectivity index (χ1n) is 7.01. The number of benzene rings is 1. The molecule has 0 aliphatic rings. The number of rotatable bonds is 4. The number of alkyl carbamates (subject to hydrolysis) is 1. The number of nitrogens with two attached hydrogens (primary N) is 1. The predicted molar refractivity (Wildman–Crippen MR) is 86.8 cm³/mol. The maximum absolute atomic E-state index is 11.8. The molecule has 0 fully saturated rings. The van der Waals surface area contributed by atoms with Crippen molar-refractivity contribution in [2.75, 3.05) is 13.1 Å². The van der Waals surface area contributed by atoms with E-state index in [1.54, 1.807) is 0 Å². The van der Waals surface area contributed by atoms with Gasteiger partial charge in [-0.15, -0.1) is 0 Å². The minimum absolute atomic E-state index is 0.364. The molecule has 0 bridgehead atoms. The second-order valence-corrected chi connectivity index (χ2v) is 6.96. The molecule has 0 saturated carbocycles. The van der Waals surface area contributed by atoms with Gasteiger partial charge in [0.25, 0.3) is 0 Å². The molecule has 0 radical (unpaired) electrons. The Bertz CT molecular complexity index is 491. The number of hydrogen-bond donors (Lipinski definition) is 2. The van der Waals surface area contributed by atoms with E-state index in [2.05, 4.69) is 5.32 Å². The van der Waals surface area contributed by atoms with Crippen LogP contribution in [0.3, 0.4) is 0 Å². The lowest BCUT2D eigenvalue weighted by Gasteiger charge is -2.32. The van der Waals surface area contributed by atoms with Crippen LogP contribution < -0.4 is 11.1 Å². The maximum Gasteiger partial charge on any atom is 0.407 e. The molecule has 1 rings (SSSR count). The van der Waals surface area contributed by atoms with Gasteiger partial charge in [0.05, 0.1) is 0 Å². The van der Waals surface area contributed by atoms with Crippen molar-refractivity contribution in [2.45, 2.75) is 45.6 Å². The third-order valence-electron chi connectivity index (χ3n) is 3.30. The quantitative estimate of drug-likeness (QED) is 0.895. The second-order valence-electron chi connectivity index (χ2n) is 6.55. The lowest BCUT2D eigenvalue weighted by atomic mass is 9.80. The Kier molecular flexibility index (Phi) is 5.65. The molecule has 0 aliphatic heterocycles. The molecule has 5 heteroatoms. The Balaban J connectivity index is 2.89. The zero-order valence-electron chi connectivity index (χ0n) is 13.4. The van der Waals surface area contributed by atoms with Crippen LogP contribution in [0.25, 0.3) is 0 Å². The van der Waals surface area contributed by atoms with Gasteiger partial charge in [0.2, 0.25) is 0 Å². The van der Waals surface area contributed by atoms with Gasteiger partial charge in [0, 0.05) is 23.5 Å². The van der Waals surface area contributed by atoms with Crippen molar-refractivity contribution in [3.05, 3.63) is 34.3 Å². The number of hydrogen-bond acceptors (Lipinski definition) is 3. The average Bonchev–Trinajstić information content (AvgIpc) is 2.34. The van der Waals surface area contributed by atoms with Crippen LogP contribution in [0.5, 0.6) is 0 Å². The molecule has 0 aliphatic carbocycles. The van der Waals surface area contributed by atoms with Crippen molar-refractivity contribution < 1.29 is 9.53 Å². The maximum atomic E-state index is 11.8. The van der Waals surface area contributed by atoms with Crippen LogP contribution in [0, 0.1) is 6.92 Å². The first-order chi connectivity index (χ1) is 9.59. The van der Waals surface area contributed by atoms with Gasteiger partial charge < -0.3 is 15.8 Å². The van der Waals surface area contributed by atoms with Gasteiger partial charge in [0.15, 0.2) is 0 Å². The van der Waals surface area contributed by atoms with Gasteiger partial charge in [-0.3, -0.25) is 0 Å². The van der Waals surface area contributed by atoms with Crippen molar-refractivity contribution in [3.63, 3.8) is 0 Å². The molecule has 0 saturated heterocycles. The number of carbonyl (C=O) groups is 1. The smallest absolute Gasteiger partial charge is 0.407 e. The van der Waals surface area contributed by atoms with E-state index in [4.69, 9.17) is 22.1 Å². The van der Waals surface area contributed by atoms with Gasteiger partial charge in [-0.05, 0) is 44.9 Å². The van der Waals surface area contributed by atoms with Crippen molar-refractivity contribution >= 4 is 17.7 Å². The Morgan fingerprint density at radius 2 is 1.95 bits per heavy atom. The van der Waals surface area contributed by atoms with Crippen LogP contribution in [0.2, 0.25) is 5.02 Å². The highest BCUT2D eigenvalue weighted by Gasteiger charge is 2.30. The minimum atomic E-state index is -0.524. The molecule has 0 heterocycles. The average molecular weight is 313 g/mol. The zero-order valence-corrected chi connectivity index (χ0v) is 14.2. The van der Waals surface area contributed by atoms with Crippen molar-refractivity contribution in [2.24, 2.45) is 5.73 Å².